The number of hydrogen-bond donors (Lipinski definition) is 2. The summed E-state index contributed by atoms with van der Waals surface area (Å²) in [7, 11) is -3.15. The molecule has 2 heterocycles. The number of hydrogen-bond acceptors (Lipinski definition) is 6. The number of nitrogens with one attached hydrogen (secondary N) is 1. The van der Waals surface area contributed by atoms with Gasteiger partial charge in [0, 0.05) is 36.8 Å². The first kappa shape index (κ1) is 16.6. The summed E-state index contributed by atoms with van der Waals surface area (Å²) >= 11 is 0. The number of piperidine rings is 1. The molecule has 1 aromatic heterocycles. The predicted molar refractivity (Wildman–Crippen MR) is 88.0 cm³/mol. The first-order valence-electron chi connectivity index (χ1n) is 8.06. The van der Waals surface area contributed by atoms with Crippen LogP contribution in [0.4, 0.5) is 5.82 Å². The van der Waals surface area contributed by atoms with E-state index >= 15 is 0 Å². The Labute approximate surface area is 137 Å². The maximum Gasteiger partial charge on any atom is 0.208 e. The molecule has 128 valence electrons. The topological polar surface area (TPSA) is 95.4 Å². The number of aryl methyl sites for hydroxylation is 1. The summed E-state index contributed by atoms with van der Waals surface area (Å²) in [5, 5.41) is 9.48. The van der Waals surface area contributed by atoms with Crippen LogP contribution in [0, 0.1) is 6.92 Å². The third-order valence-corrected chi connectivity index (χ3v) is 5.34. The summed E-state index contributed by atoms with van der Waals surface area (Å²) < 4.78 is 25.3. The molecule has 3 rings (SSSR count). The minimum Gasteiger partial charge on any atom is -0.393 e. The van der Waals surface area contributed by atoms with Crippen LogP contribution in [0.25, 0.3) is 0 Å². The number of aromatic nitrogens is 2. The van der Waals surface area contributed by atoms with Crippen LogP contribution in [0.5, 0.6) is 0 Å². The second kappa shape index (κ2) is 6.33. The molecular weight excluding hydrogens is 316 g/mol. The Morgan fingerprint density at radius 1 is 1.26 bits per heavy atom. The molecule has 7 nitrogen and oxygen atoms in total. The number of nitrogens with zero attached hydrogens (tertiary/aromatic N) is 3. The molecule has 2 aliphatic rings. The number of sulfonamides is 1. The lowest BCUT2D eigenvalue weighted by atomic mass is 9.80. The monoisotopic (exact) mass is 340 g/mol. The Balaban J connectivity index is 1.66. The van der Waals surface area contributed by atoms with Gasteiger partial charge in [-0.15, -0.1) is 0 Å². The van der Waals surface area contributed by atoms with E-state index in [0.29, 0.717) is 5.92 Å². The molecule has 0 aromatic carbocycles. The van der Waals surface area contributed by atoms with Gasteiger partial charge in [-0.3, -0.25) is 0 Å². The number of anilines is 1. The van der Waals surface area contributed by atoms with Gasteiger partial charge in [0.25, 0.3) is 0 Å². The average Bonchev–Trinajstić information content (AvgIpc) is 2.42. The fraction of sp³-hybridized carbons (Fsp3) is 0.733. The zero-order chi connectivity index (χ0) is 16.6. The summed E-state index contributed by atoms with van der Waals surface area (Å²) in [6.45, 7) is 3.44. The van der Waals surface area contributed by atoms with Crippen molar-refractivity contribution in [2.24, 2.45) is 0 Å². The number of rotatable bonds is 4. The smallest absolute Gasteiger partial charge is 0.208 e. The lowest BCUT2D eigenvalue weighted by Crippen LogP contribution is -2.44. The van der Waals surface area contributed by atoms with E-state index in [9.17, 15) is 13.5 Å². The highest BCUT2D eigenvalue weighted by Gasteiger charge is 2.31. The highest BCUT2D eigenvalue weighted by Crippen LogP contribution is 2.36. The zero-order valence-corrected chi connectivity index (χ0v) is 14.4. The molecule has 2 fully saturated rings. The molecule has 1 saturated carbocycles. The van der Waals surface area contributed by atoms with E-state index < -0.39 is 10.0 Å². The summed E-state index contributed by atoms with van der Waals surface area (Å²) in [4.78, 5) is 11.2. The van der Waals surface area contributed by atoms with Crippen molar-refractivity contribution in [1.82, 2.24) is 14.7 Å². The van der Waals surface area contributed by atoms with Crippen LogP contribution >= 0.6 is 0 Å². The van der Waals surface area contributed by atoms with Gasteiger partial charge < -0.3 is 10.0 Å². The summed E-state index contributed by atoms with van der Waals surface area (Å²) in [5.41, 5.74) is 1.01. The SMILES string of the molecule is Cc1nc(C2CC(O)C2)cc(N2CCC(NS(C)(=O)=O)CC2)n1. The summed E-state index contributed by atoms with van der Waals surface area (Å²) in [5.74, 6) is 1.98. The Kier molecular flexibility index (Phi) is 4.57. The van der Waals surface area contributed by atoms with Crippen molar-refractivity contribution < 1.29 is 13.5 Å². The molecule has 23 heavy (non-hydrogen) atoms. The van der Waals surface area contributed by atoms with Gasteiger partial charge in [0.1, 0.15) is 11.6 Å². The molecular formula is C15H24N4O3S. The normalized spacial score (nSPS) is 26.1. The van der Waals surface area contributed by atoms with E-state index in [1.165, 1.54) is 6.26 Å². The number of aliphatic hydroxyl groups is 1. The van der Waals surface area contributed by atoms with Gasteiger partial charge in [0.15, 0.2) is 0 Å². The third kappa shape index (κ3) is 4.19. The fourth-order valence-electron chi connectivity index (χ4n) is 3.30. The van der Waals surface area contributed by atoms with E-state index in [0.717, 1.165) is 56.1 Å². The standard InChI is InChI=1S/C15H24N4O3S/c1-10-16-14(11-7-13(20)8-11)9-15(17-10)19-5-3-12(4-6-19)18-23(2,21)22/h9,11-13,18,20H,3-8H2,1-2H3. The van der Waals surface area contributed by atoms with Crippen molar-refractivity contribution in [3.05, 3.63) is 17.6 Å². The molecule has 1 saturated heterocycles. The Morgan fingerprint density at radius 3 is 2.48 bits per heavy atom. The minimum atomic E-state index is -3.15. The van der Waals surface area contributed by atoms with E-state index in [4.69, 9.17) is 0 Å². The average molecular weight is 340 g/mol. The van der Waals surface area contributed by atoms with Crippen molar-refractivity contribution >= 4 is 15.8 Å². The maximum absolute atomic E-state index is 11.3. The summed E-state index contributed by atoms with van der Waals surface area (Å²) in [6.07, 6.45) is 4.09. The van der Waals surface area contributed by atoms with Gasteiger partial charge >= 0.3 is 0 Å². The maximum atomic E-state index is 11.3. The molecule has 1 aromatic rings. The molecule has 8 heteroatoms. The van der Waals surface area contributed by atoms with Crippen LogP contribution < -0.4 is 9.62 Å². The van der Waals surface area contributed by atoms with Crippen LogP contribution in [-0.4, -0.2) is 55.0 Å². The fourth-order valence-corrected chi connectivity index (χ4v) is 4.15. The van der Waals surface area contributed by atoms with Crippen molar-refractivity contribution in [2.45, 2.75) is 50.7 Å². The van der Waals surface area contributed by atoms with Crippen LogP contribution in [0.3, 0.4) is 0 Å². The molecule has 2 N–H and O–H groups in total. The predicted octanol–water partition coefficient (Wildman–Crippen LogP) is 0.541. The summed E-state index contributed by atoms with van der Waals surface area (Å²) in [6, 6.07) is 2.03. The van der Waals surface area contributed by atoms with E-state index in [1.807, 2.05) is 13.0 Å². The van der Waals surface area contributed by atoms with Gasteiger partial charge in [-0.2, -0.15) is 0 Å². The molecule has 0 atom stereocenters. The molecule has 0 bridgehead atoms. The molecule has 0 radical (unpaired) electrons. The first-order chi connectivity index (χ1) is 10.8. The van der Waals surface area contributed by atoms with Crippen LogP contribution in [-0.2, 0) is 10.0 Å². The van der Waals surface area contributed by atoms with Gasteiger partial charge in [-0.1, -0.05) is 0 Å². The number of aliphatic hydroxyl groups excluding tert-OH is 1. The van der Waals surface area contributed by atoms with E-state index in [-0.39, 0.29) is 12.1 Å². The second-order valence-electron chi connectivity index (χ2n) is 6.67. The van der Waals surface area contributed by atoms with Crippen LogP contribution in [0.1, 0.15) is 43.1 Å². The minimum absolute atomic E-state index is 0.00503. The molecule has 1 aliphatic heterocycles. The van der Waals surface area contributed by atoms with Crippen LogP contribution in [0.15, 0.2) is 6.07 Å². The van der Waals surface area contributed by atoms with Crippen LogP contribution in [0.2, 0.25) is 0 Å². The van der Waals surface area contributed by atoms with Gasteiger partial charge in [-0.25, -0.2) is 23.1 Å². The molecule has 0 amide bonds. The highest BCUT2D eigenvalue weighted by molar-refractivity contribution is 7.88. The highest BCUT2D eigenvalue weighted by atomic mass is 32.2. The second-order valence-corrected chi connectivity index (χ2v) is 8.45. The lowest BCUT2D eigenvalue weighted by molar-refractivity contribution is 0.0731. The van der Waals surface area contributed by atoms with Crippen molar-refractivity contribution in [2.75, 3.05) is 24.2 Å². The lowest BCUT2D eigenvalue weighted by Gasteiger charge is -2.34. The molecule has 1 aliphatic carbocycles. The zero-order valence-electron chi connectivity index (χ0n) is 13.6. The third-order valence-electron chi connectivity index (χ3n) is 4.58. The van der Waals surface area contributed by atoms with Gasteiger partial charge in [-0.05, 0) is 32.6 Å². The quantitative estimate of drug-likeness (QED) is 0.831. The molecule has 0 unspecified atom stereocenters. The van der Waals surface area contributed by atoms with E-state index in [2.05, 4.69) is 19.6 Å². The van der Waals surface area contributed by atoms with E-state index in [1.54, 1.807) is 0 Å². The van der Waals surface area contributed by atoms with Gasteiger partial charge in [0.2, 0.25) is 10.0 Å². The van der Waals surface area contributed by atoms with Crippen molar-refractivity contribution in [3.8, 4) is 0 Å². The first-order valence-corrected chi connectivity index (χ1v) is 9.95. The van der Waals surface area contributed by atoms with Crippen molar-refractivity contribution in [1.29, 1.82) is 0 Å². The largest absolute Gasteiger partial charge is 0.393 e. The molecule has 0 spiro atoms. The Hall–Kier alpha value is -1.25. The Morgan fingerprint density at radius 2 is 1.91 bits per heavy atom. The van der Waals surface area contributed by atoms with Crippen molar-refractivity contribution in [3.63, 3.8) is 0 Å². The van der Waals surface area contributed by atoms with Gasteiger partial charge in [0.05, 0.1) is 12.4 Å². The Bertz CT molecular complexity index is 665.